The Balaban J connectivity index is 2.43. The molecule has 0 aliphatic carbocycles. The van der Waals surface area contributed by atoms with Crippen molar-refractivity contribution in [2.75, 3.05) is 11.5 Å². The summed E-state index contributed by atoms with van der Waals surface area (Å²) in [4.78, 5) is 0.317. The third-order valence-electron chi connectivity index (χ3n) is 2.61. The van der Waals surface area contributed by atoms with Crippen LogP contribution >= 0.6 is 15.9 Å². The molecule has 2 aromatic rings. The number of nitrogens with one attached hydrogen (secondary N) is 1. The molecule has 5 nitrogen and oxygen atoms in total. The third-order valence-corrected chi connectivity index (χ3v) is 5.17. The Labute approximate surface area is 113 Å². The molecule has 3 N–H and O–H groups in total. The number of rotatable bonds is 3. The van der Waals surface area contributed by atoms with Gasteiger partial charge in [-0.15, -0.1) is 0 Å². The Hall–Kier alpha value is -1.34. The fourth-order valence-corrected chi connectivity index (χ4v) is 2.82. The van der Waals surface area contributed by atoms with Crippen LogP contribution in [0.1, 0.15) is 6.92 Å². The smallest absolute Gasteiger partial charge is 0.178 e. The van der Waals surface area contributed by atoms with Gasteiger partial charge in [0.2, 0.25) is 0 Å². The highest BCUT2D eigenvalue weighted by molar-refractivity contribution is 9.10. The molecule has 96 valence electrons. The maximum Gasteiger partial charge on any atom is 0.178 e. The Morgan fingerprint density at radius 2 is 1.94 bits per heavy atom. The van der Waals surface area contributed by atoms with E-state index in [1.807, 2.05) is 0 Å². The van der Waals surface area contributed by atoms with Gasteiger partial charge in [0.05, 0.1) is 20.8 Å². The van der Waals surface area contributed by atoms with E-state index < -0.39 is 9.84 Å². The predicted octanol–water partition coefficient (Wildman–Crippen LogP) is 2.21. The zero-order chi connectivity index (χ0) is 13.3. The number of halogens is 1. The van der Waals surface area contributed by atoms with Crippen molar-refractivity contribution in [1.82, 2.24) is 10.2 Å². The van der Waals surface area contributed by atoms with Crippen LogP contribution in [0, 0.1) is 0 Å². The molecule has 0 bridgehead atoms. The maximum atomic E-state index is 11.7. The van der Waals surface area contributed by atoms with Crippen molar-refractivity contribution in [1.29, 1.82) is 0 Å². The average molecular weight is 330 g/mol. The molecule has 2 rings (SSSR count). The Bertz CT molecular complexity index is 662. The van der Waals surface area contributed by atoms with Crippen LogP contribution in [0.15, 0.2) is 33.6 Å². The van der Waals surface area contributed by atoms with Crippen molar-refractivity contribution in [2.24, 2.45) is 0 Å². The van der Waals surface area contributed by atoms with Gasteiger partial charge in [-0.3, -0.25) is 5.10 Å². The van der Waals surface area contributed by atoms with Crippen molar-refractivity contribution in [3.8, 4) is 11.3 Å². The molecule has 18 heavy (non-hydrogen) atoms. The Kier molecular flexibility index (Phi) is 3.45. The zero-order valence-corrected chi connectivity index (χ0v) is 12.0. The summed E-state index contributed by atoms with van der Waals surface area (Å²) in [5.41, 5.74) is 7.16. The van der Waals surface area contributed by atoms with E-state index in [-0.39, 0.29) is 5.75 Å². The standard InChI is InChI=1S/C11H12BrN3O2S/c1-2-18(16,17)8-5-3-7(4-6-8)10-9(12)11(13)15-14-10/h3-6H,2H2,1H3,(H3,13,14,15). The first-order valence-electron chi connectivity index (χ1n) is 5.28. The maximum absolute atomic E-state index is 11.7. The quantitative estimate of drug-likeness (QED) is 0.903. The second-order valence-electron chi connectivity index (χ2n) is 3.73. The van der Waals surface area contributed by atoms with Crippen molar-refractivity contribution >= 4 is 31.6 Å². The molecule has 0 radical (unpaired) electrons. The summed E-state index contributed by atoms with van der Waals surface area (Å²) in [5, 5.41) is 6.66. The van der Waals surface area contributed by atoms with Gasteiger partial charge in [0.25, 0.3) is 0 Å². The van der Waals surface area contributed by atoms with Gasteiger partial charge in [-0.25, -0.2) is 8.42 Å². The van der Waals surface area contributed by atoms with E-state index in [0.29, 0.717) is 15.2 Å². The summed E-state index contributed by atoms with van der Waals surface area (Å²) in [7, 11) is -3.16. The number of anilines is 1. The summed E-state index contributed by atoms with van der Waals surface area (Å²) in [5.74, 6) is 0.461. The van der Waals surface area contributed by atoms with Crippen LogP contribution in [0.25, 0.3) is 11.3 Å². The Morgan fingerprint density at radius 1 is 1.33 bits per heavy atom. The van der Waals surface area contributed by atoms with Gasteiger partial charge >= 0.3 is 0 Å². The monoisotopic (exact) mass is 329 g/mol. The first-order valence-corrected chi connectivity index (χ1v) is 7.72. The highest BCUT2D eigenvalue weighted by Crippen LogP contribution is 2.30. The van der Waals surface area contributed by atoms with E-state index >= 15 is 0 Å². The molecule has 0 aliphatic heterocycles. The van der Waals surface area contributed by atoms with Crippen LogP contribution in [0.4, 0.5) is 5.82 Å². The molecule has 0 atom stereocenters. The number of hydrogen-bond donors (Lipinski definition) is 2. The van der Waals surface area contributed by atoms with E-state index in [4.69, 9.17) is 5.73 Å². The summed E-state index contributed by atoms with van der Waals surface area (Å²) in [6, 6.07) is 6.61. The number of nitrogen functional groups attached to an aromatic ring is 1. The lowest BCUT2D eigenvalue weighted by Gasteiger charge is -2.03. The average Bonchev–Trinajstić information content (AvgIpc) is 2.70. The highest BCUT2D eigenvalue weighted by Gasteiger charge is 2.13. The number of benzene rings is 1. The second kappa shape index (κ2) is 4.74. The lowest BCUT2D eigenvalue weighted by molar-refractivity contribution is 0.597. The van der Waals surface area contributed by atoms with E-state index in [1.165, 1.54) is 0 Å². The van der Waals surface area contributed by atoms with Gasteiger partial charge < -0.3 is 5.73 Å². The first kappa shape index (κ1) is 13.1. The summed E-state index contributed by atoms with van der Waals surface area (Å²) >= 11 is 3.32. The Morgan fingerprint density at radius 3 is 2.39 bits per heavy atom. The van der Waals surface area contributed by atoms with E-state index in [1.54, 1.807) is 31.2 Å². The van der Waals surface area contributed by atoms with Crippen LogP contribution < -0.4 is 5.73 Å². The molecular weight excluding hydrogens is 318 g/mol. The van der Waals surface area contributed by atoms with E-state index in [9.17, 15) is 8.42 Å². The normalized spacial score (nSPS) is 11.7. The first-order chi connectivity index (χ1) is 8.45. The minimum absolute atomic E-state index is 0.0903. The predicted molar refractivity (Wildman–Crippen MR) is 73.9 cm³/mol. The van der Waals surface area contributed by atoms with Crippen molar-refractivity contribution in [3.63, 3.8) is 0 Å². The molecule has 0 fully saturated rings. The SMILES string of the molecule is CCS(=O)(=O)c1ccc(-c2[nH]nc(N)c2Br)cc1. The van der Waals surface area contributed by atoms with E-state index in [2.05, 4.69) is 26.1 Å². The summed E-state index contributed by atoms with van der Waals surface area (Å²) in [6.45, 7) is 1.62. The third kappa shape index (κ3) is 2.28. The molecule has 0 saturated heterocycles. The number of nitrogens with two attached hydrogens (primary N) is 1. The number of sulfone groups is 1. The highest BCUT2D eigenvalue weighted by atomic mass is 79.9. The minimum Gasteiger partial charge on any atom is -0.381 e. The zero-order valence-electron chi connectivity index (χ0n) is 9.64. The summed E-state index contributed by atoms with van der Waals surface area (Å²) < 4.78 is 24.0. The molecule has 1 aromatic heterocycles. The molecule has 0 amide bonds. The van der Waals surface area contributed by atoms with Gasteiger partial charge in [0.15, 0.2) is 15.7 Å². The number of aromatic nitrogens is 2. The topological polar surface area (TPSA) is 88.8 Å². The van der Waals surface area contributed by atoms with Crippen LogP contribution in [-0.2, 0) is 9.84 Å². The summed E-state index contributed by atoms with van der Waals surface area (Å²) in [6.07, 6.45) is 0. The number of H-pyrrole nitrogens is 1. The molecule has 7 heteroatoms. The lowest BCUT2D eigenvalue weighted by atomic mass is 10.1. The van der Waals surface area contributed by atoms with Crippen molar-refractivity contribution in [3.05, 3.63) is 28.7 Å². The van der Waals surface area contributed by atoms with Gasteiger partial charge in [-0.1, -0.05) is 19.1 Å². The van der Waals surface area contributed by atoms with Crippen LogP contribution in [-0.4, -0.2) is 24.4 Å². The largest absolute Gasteiger partial charge is 0.381 e. The van der Waals surface area contributed by atoms with Crippen LogP contribution in [0.3, 0.4) is 0 Å². The van der Waals surface area contributed by atoms with Gasteiger partial charge in [0, 0.05) is 5.56 Å². The van der Waals surface area contributed by atoms with Gasteiger partial charge in [-0.2, -0.15) is 5.10 Å². The van der Waals surface area contributed by atoms with Crippen molar-refractivity contribution < 1.29 is 8.42 Å². The number of nitrogens with zero attached hydrogens (tertiary/aromatic N) is 1. The minimum atomic E-state index is -3.16. The molecule has 0 saturated carbocycles. The lowest BCUT2D eigenvalue weighted by Crippen LogP contribution is -2.03. The van der Waals surface area contributed by atoms with Gasteiger partial charge in [0.1, 0.15) is 0 Å². The van der Waals surface area contributed by atoms with E-state index in [0.717, 1.165) is 11.3 Å². The molecular formula is C11H12BrN3O2S. The second-order valence-corrected chi connectivity index (χ2v) is 6.80. The van der Waals surface area contributed by atoms with Crippen molar-refractivity contribution in [2.45, 2.75) is 11.8 Å². The molecule has 1 aromatic carbocycles. The molecule has 1 heterocycles. The molecule has 0 unspecified atom stereocenters. The fourth-order valence-electron chi connectivity index (χ4n) is 1.53. The number of hydrogen-bond acceptors (Lipinski definition) is 4. The number of aromatic amines is 1. The molecule has 0 aliphatic rings. The fraction of sp³-hybridized carbons (Fsp3) is 0.182. The molecule has 0 spiro atoms. The van der Waals surface area contributed by atoms with Crippen LogP contribution in [0.2, 0.25) is 0 Å². The van der Waals surface area contributed by atoms with Crippen LogP contribution in [0.5, 0.6) is 0 Å². The van der Waals surface area contributed by atoms with Gasteiger partial charge in [-0.05, 0) is 28.1 Å².